The van der Waals surface area contributed by atoms with E-state index in [1.807, 2.05) is 20.8 Å². The van der Waals surface area contributed by atoms with Gasteiger partial charge in [-0.15, -0.1) is 11.8 Å². The molecule has 0 aromatic rings. The number of rotatable bonds is 5. The van der Waals surface area contributed by atoms with Gasteiger partial charge in [-0.1, -0.05) is 20.8 Å². The quantitative estimate of drug-likeness (QED) is 0.706. The molecule has 19 heavy (non-hydrogen) atoms. The summed E-state index contributed by atoms with van der Waals surface area (Å²) in [7, 11) is 0. The van der Waals surface area contributed by atoms with Crippen LogP contribution < -0.4 is 10.6 Å². The van der Waals surface area contributed by atoms with E-state index in [4.69, 9.17) is 5.11 Å². The normalized spacial score (nSPS) is 18.9. The van der Waals surface area contributed by atoms with Gasteiger partial charge in [0.1, 0.15) is 6.04 Å². The van der Waals surface area contributed by atoms with E-state index in [2.05, 4.69) is 10.6 Å². The van der Waals surface area contributed by atoms with Gasteiger partial charge in [0.2, 0.25) is 5.91 Å². The zero-order valence-electron chi connectivity index (χ0n) is 11.9. The van der Waals surface area contributed by atoms with E-state index >= 15 is 0 Å². The van der Waals surface area contributed by atoms with Crippen LogP contribution in [-0.4, -0.2) is 47.1 Å². The molecule has 5 nitrogen and oxygen atoms in total. The minimum Gasteiger partial charge on any atom is -0.480 e. The predicted octanol–water partition coefficient (Wildman–Crippen LogP) is 1.09. The van der Waals surface area contributed by atoms with Crippen molar-refractivity contribution in [2.45, 2.75) is 44.9 Å². The number of thioether (sulfide) groups is 1. The number of hydrogen-bond acceptors (Lipinski definition) is 4. The molecule has 0 aromatic carbocycles. The molecule has 1 fully saturated rings. The van der Waals surface area contributed by atoms with Crippen LogP contribution in [-0.2, 0) is 9.59 Å². The molecule has 0 aliphatic carbocycles. The van der Waals surface area contributed by atoms with Crippen molar-refractivity contribution < 1.29 is 14.7 Å². The molecule has 1 heterocycles. The second-order valence-electron chi connectivity index (χ2n) is 5.97. The fourth-order valence-corrected chi connectivity index (χ4v) is 3.05. The van der Waals surface area contributed by atoms with Gasteiger partial charge < -0.3 is 15.7 Å². The minimum atomic E-state index is -0.979. The first-order valence-electron chi connectivity index (χ1n) is 6.65. The van der Waals surface area contributed by atoms with Crippen LogP contribution in [0.4, 0.5) is 0 Å². The van der Waals surface area contributed by atoms with Gasteiger partial charge in [-0.05, 0) is 31.3 Å². The molecule has 0 bridgehead atoms. The standard InChI is InChI=1S/C13H24N2O3S/c1-13(2,3)11(12(17)18)15-10(16)8-19-9-4-6-14-7-5-9/h9,11,14H,4-8H2,1-3H3,(H,15,16)(H,17,18)/t11-/m0/s1. The Morgan fingerprint density at radius 2 is 1.95 bits per heavy atom. The van der Waals surface area contributed by atoms with Gasteiger partial charge in [0.05, 0.1) is 5.75 Å². The van der Waals surface area contributed by atoms with Crippen molar-refractivity contribution in [2.75, 3.05) is 18.8 Å². The van der Waals surface area contributed by atoms with Crippen LogP contribution in [0.25, 0.3) is 0 Å². The fraction of sp³-hybridized carbons (Fsp3) is 0.846. The Bertz CT molecular complexity index is 322. The molecule has 1 aliphatic rings. The summed E-state index contributed by atoms with van der Waals surface area (Å²) in [5.74, 6) is -0.830. The molecule has 110 valence electrons. The van der Waals surface area contributed by atoms with Gasteiger partial charge in [-0.2, -0.15) is 0 Å². The van der Waals surface area contributed by atoms with Crippen LogP contribution in [0.5, 0.6) is 0 Å². The van der Waals surface area contributed by atoms with E-state index in [0.717, 1.165) is 25.9 Å². The smallest absolute Gasteiger partial charge is 0.326 e. The lowest BCUT2D eigenvalue weighted by molar-refractivity contribution is -0.144. The Kier molecular flexibility index (Phi) is 6.13. The number of nitrogens with one attached hydrogen (secondary N) is 2. The van der Waals surface area contributed by atoms with Gasteiger partial charge in [-0.3, -0.25) is 4.79 Å². The molecule has 1 aliphatic heterocycles. The van der Waals surface area contributed by atoms with E-state index < -0.39 is 17.4 Å². The van der Waals surface area contributed by atoms with Crippen molar-refractivity contribution >= 4 is 23.6 Å². The number of aliphatic carboxylic acids is 1. The first-order chi connectivity index (χ1) is 8.80. The molecule has 3 N–H and O–H groups in total. The molecular formula is C13H24N2O3S. The topological polar surface area (TPSA) is 78.4 Å². The van der Waals surface area contributed by atoms with Crippen LogP contribution in [0.1, 0.15) is 33.6 Å². The number of carbonyl (C=O) groups excluding carboxylic acids is 1. The first-order valence-corrected chi connectivity index (χ1v) is 7.70. The summed E-state index contributed by atoms with van der Waals surface area (Å²) in [6, 6.07) is -0.839. The lowest BCUT2D eigenvalue weighted by Crippen LogP contribution is -2.49. The third-order valence-corrected chi connectivity index (χ3v) is 4.53. The highest BCUT2D eigenvalue weighted by molar-refractivity contribution is 8.00. The minimum absolute atomic E-state index is 0.189. The number of carboxylic acid groups (broad SMARTS) is 1. The van der Waals surface area contributed by atoms with Crippen molar-refractivity contribution in [1.29, 1.82) is 0 Å². The SMILES string of the molecule is CC(C)(C)[C@@H](NC(=O)CSC1CCNCC1)C(=O)O. The zero-order valence-corrected chi connectivity index (χ0v) is 12.7. The highest BCUT2D eigenvalue weighted by Gasteiger charge is 2.32. The van der Waals surface area contributed by atoms with E-state index in [1.165, 1.54) is 0 Å². The average Bonchev–Trinajstić information content (AvgIpc) is 2.33. The molecule has 1 amide bonds. The highest BCUT2D eigenvalue weighted by Crippen LogP contribution is 2.22. The van der Waals surface area contributed by atoms with Crippen molar-refractivity contribution in [1.82, 2.24) is 10.6 Å². The van der Waals surface area contributed by atoms with Crippen LogP contribution in [0, 0.1) is 5.41 Å². The maximum Gasteiger partial charge on any atom is 0.326 e. The van der Waals surface area contributed by atoms with Gasteiger partial charge in [-0.25, -0.2) is 4.79 Å². The first kappa shape index (κ1) is 16.3. The Hall–Kier alpha value is -0.750. The molecule has 0 spiro atoms. The van der Waals surface area contributed by atoms with Gasteiger partial charge in [0, 0.05) is 5.25 Å². The molecule has 1 atom stereocenters. The molecular weight excluding hydrogens is 264 g/mol. The second-order valence-corrected chi connectivity index (χ2v) is 7.25. The van der Waals surface area contributed by atoms with E-state index in [-0.39, 0.29) is 5.91 Å². The second kappa shape index (κ2) is 7.14. The summed E-state index contributed by atoms with van der Waals surface area (Å²) in [6.07, 6.45) is 2.14. The zero-order chi connectivity index (χ0) is 14.5. The van der Waals surface area contributed by atoms with Crippen molar-refractivity contribution in [3.8, 4) is 0 Å². The predicted molar refractivity (Wildman–Crippen MR) is 77.4 cm³/mol. The van der Waals surface area contributed by atoms with E-state index in [9.17, 15) is 9.59 Å². The molecule has 0 radical (unpaired) electrons. The summed E-state index contributed by atoms with van der Waals surface area (Å²) in [4.78, 5) is 23.0. The summed E-state index contributed by atoms with van der Waals surface area (Å²) < 4.78 is 0. The number of carbonyl (C=O) groups is 2. The molecule has 1 rings (SSSR count). The molecule has 0 saturated carbocycles. The number of hydrogen-bond donors (Lipinski definition) is 3. The third-order valence-electron chi connectivity index (χ3n) is 3.15. The Morgan fingerprint density at radius 3 is 2.42 bits per heavy atom. The number of piperidine rings is 1. The maximum absolute atomic E-state index is 11.8. The van der Waals surface area contributed by atoms with Gasteiger partial charge in [0.25, 0.3) is 0 Å². The fourth-order valence-electron chi connectivity index (χ4n) is 2.01. The molecule has 0 aromatic heterocycles. The van der Waals surface area contributed by atoms with Gasteiger partial charge >= 0.3 is 5.97 Å². The molecule has 6 heteroatoms. The van der Waals surface area contributed by atoms with Crippen LogP contribution >= 0.6 is 11.8 Å². The third kappa shape index (κ3) is 5.82. The van der Waals surface area contributed by atoms with Crippen LogP contribution in [0.2, 0.25) is 0 Å². The summed E-state index contributed by atoms with van der Waals surface area (Å²) in [6.45, 7) is 7.43. The molecule has 0 unspecified atom stereocenters. The van der Waals surface area contributed by atoms with Crippen LogP contribution in [0.15, 0.2) is 0 Å². The Balaban J connectivity index is 2.38. The lowest BCUT2D eigenvalue weighted by Gasteiger charge is -2.28. The molecule has 1 saturated heterocycles. The summed E-state index contributed by atoms with van der Waals surface area (Å²) >= 11 is 1.62. The summed E-state index contributed by atoms with van der Waals surface area (Å²) in [5.41, 5.74) is -0.485. The Labute approximate surface area is 118 Å². The number of amides is 1. The monoisotopic (exact) mass is 288 g/mol. The van der Waals surface area contributed by atoms with E-state index in [0.29, 0.717) is 11.0 Å². The largest absolute Gasteiger partial charge is 0.480 e. The lowest BCUT2D eigenvalue weighted by atomic mass is 9.87. The average molecular weight is 288 g/mol. The van der Waals surface area contributed by atoms with Gasteiger partial charge in [0.15, 0.2) is 0 Å². The maximum atomic E-state index is 11.8. The van der Waals surface area contributed by atoms with Crippen molar-refractivity contribution in [3.05, 3.63) is 0 Å². The summed E-state index contributed by atoms with van der Waals surface area (Å²) in [5, 5.41) is 15.5. The van der Waals surface area contributed by atoms with Crippen molar-refractivity contribution in [3.63, 3.8) is 0 Å². The highest BCUT2D eigenvalue weighted by atomic mass is 32.2. The van der Waals surface area contributed by atoms with Crippen molar-refractivity contribution in [2.24, 2.45) is 5.41 Å². The number of carboxylic acids is 1. The van der Waals surface area contributed by atoms with E-state index in [1.54, 1.807) is 11.8 Å². The Morgan fingerprint density at radius 1 is 1.37 bits per heavy atom. The van der Waals surface area contributed by atoms with Crippen LogP contribution in [0.3, 0.4) is 0 Å².